The molecule has 0 spiro atoms. The summed E-state index contributed by atoms with van der Waals surface area (Å²) in [4.78, 5) is 22.6. The van der Waals surface area contributed by atoms with E-state index in [0.717, 1.165) is 18.2 Å². The Kier molecular flexibility index (Phi) is 8.42. The summed E-state index contributed by atoms with van der Waals surface area (Å²) in [5.74, 6) is -1.60. The fourth-order valence-electron chi connectivity index (χ4n) is 1.41. The average molecular weight is 344 g/mol. The van der Waals surface area contributed by atoms with Gasteiger partial charge in [-0.2, -0.15) is 8.42 Å². The maximum atomic E-state index is 11.6. The van der Waals surface area contributed by atoms with E-state index in [1.54, 1.807) is 13.8 Å². The standard InChI is InChI=1S/C12H14O7S.Ca.2H/c1-3-18-11(13)8-5-9(12(14)19-4-2)7-10(6-8)20(15,16)17;;;/h5-7H,3-4H2,1-2H3,(H,15,16,17);;;/q;+2;2*-1. The van der Waals surface area contributed by atoms with Crippen molar-refractivity contribution in [3.05, 3.63) is 29.3 Å². The van der Waals surface area contributed by atoms with E-state index < -0.39 is 27.0 Å². The van der Waals surface area contributed by atoms with Gasteiger partial charge >= 0.3 is 49.7 Å². The third-order valence-electron chi connectivity index (χ3n) is 2.23. The molecule has 0 bridgehead atoms. The van der Waals surface area contributed by atoms with Crippen molar-refractivity contribution in [1.82, 2.24) is 0 Å². The van der Waals surface area contributed by atoms with Crippen LogP contribution in [0, 0.1) is 0 Å². The van der Waals surface area contributed by atoms with Crippen molar-refractivity contribution in [2.24, 2.45) is 0 Å². The second kappa shape index (κ2) is 8.69. The van der Waals surface area contributed by atoms with E-state index in [1.165, 1.54) is 0 Å². The molecule has 9 heteroatoms. The summed E-state index contributed by atoms with van der Waals surface area (Å²) in [5, 5.41) is 0. The third kappa shape index (κ3) is 5.91. The molecule has 0 aromatic heterocycles. The molecule has 1 N–H and O–H groups in total. The first-order chi connectivity index (χ1) is 9.29. The van der Waals surface area contributed by atoms with Gasteiger partial charge in [0.25, 0.3) is 10.1 Å². The molecular weight excluding hydrogens is 328 g/mol. The zero-order valence-corrected chi connectivity index (χ0v) is 14.7. The molecule has 1 rings (SSSR count). The Labute approximate surface area is 155 Å². The first-order valence-electron chi connectivity index (χ1n) is 5.76. The molecule has 1 aromatic carbocycles. The molecule has 0 amide bonds. The maximum Gasteiger partial charge on any atom is 2.00 e. The molecule has 1 aromatic rings. The summed E-state index contributed by atoms with van der Waals surface area (Å²) >= 11 is 0. The van der Waals surface area contributed by atoms with Crippen LogP contribution in [0.25, 0.3) is 0 Å². The van der Waals surface area contributed by atoms with Crippen LogP contribution < -0.4 is 0 Å². The molecule has 0 fully saturated rings. The number of hydrogen-bond acceptors (Lipinski definition) is 6. The van der Waals surface area contributed by atoms with Crippen molar-refractivity contribution in [3.8, 4) is 0 Å². The Morgan fingerprint density at radius 1 is 1.05 bits per heavy atom. The monoisotopic (exact) mass is 344 g/mol. The summed E-state index contributed by atoms with van der Waals surface area (Å²) < 4.78 is 40.8. The summed E-state index contributed by atoms with van der Waals surface area (Å²) in [6.45, 7) is 3.33. The minimum atomic E-state index is -4.56. The van der Waals surface area contributed by atoms with Crippen LogP contribution in [-0.2, 0) is 19.6 Å². The number of rotatable bonds is 5. The summed E-state index contributed by atoms with van der Waals surface area (Å²) in [6.07, 6.45) is 0. The number of ether oxygens (including phenoxy) is 2. The molecule has 0 aliphatic carbocycles. The predicted octanol–water partition coefficient (Wildman–Crippen LogP) is 1.13. The van der Waals surface area contributed by atoms with Crippen LogP contribution in [0.4, 0.5) is 0 Å². The SMILES string of the molecule is CCOC(=O)c1cc(C(=O)OCC)cc(S(=O)(=O)O)c1.[Ca+2].[H-].[H-]. The van der Waals surface area contributed by atoms with Crippen molar-refractivity contribution in [2.45, 2.75) is 18.7 Å². The molecule has 0 unspecified atom stereocenters. The van der Waals surface area contributed by atoms with Gasteiger partial charge < -0.3 is 12.3 Å². The molecule has 114 valence electrons. The van der Waals surface area contributed by atoms with Gasteiger partial charge in [0.05, 0.1) is 29.2 Å². The van der Waals surface area contributed by atoms with Crippen LogP contribution in [-0.4, -0.2) is 75.9 Å². The number of benzene rings is 1. The van der Waals surface area contributed by atoms with Crippen molar-refractivity contribution < 1.29 is 34.9 Å². The maximum absolute atomic E-state index is 11.6. The minimum Gasteiger partial charge on any atom is -1.00 e. The molecule has 0 saturated heterocycles. The van der Waals surface area contributed by atoms with Gasteiger partial charge in [-0.1, -0.05) is 0 Å². The van der Waals surface area contributed by atoms with Crippen molar-refractivity contribution in [2.75, 3.05) is 13.2 Å². The first-order valence-corrected chi connectivity index (χ1v) is 7.20. The second-order valence-electron chi connectivity index (χ2n) is 3.66. The molecular formula is C12H16CaO7S. The Morgan fingerprint density at radius 3 is 1.71 bits per heavy atom. The van der Waals surface area contributed by atoms with Crippen LogP contribution in [0.15, 0.2) is 23.1 Å². The summed E-state index contributed by atoms with van der Waals surface area (Å²) in [5.41, 5.74) is -0.324. The van der Waals surface area contributed by atoms with Crippen molar-refractivity contribution >= 4 is 59.8 Å². The minimum absolute atomic E-state index is 0. The number of esters is 2. The smallest absolute Gasteiger partial charge is 1.00 e. The fourth-order valence-corrected chi connectivity index (χ4v) is 1.96. The first kappa shape index (κ1) is 20.3. The average Bonchev–Trinajstić information content (AvgIpc) is 2.37. The van der Waals surface area contributed by atoms with Crippen LogP contribution >= 0.6 is 0 Å². The van der Waals surface area contributed by atoms with Crippen molar-refractivity contribution in [1.29, 1.82) is 0 Å². The van der Waals surface area contributed by atoms with Gasteiger partial charge in [-0.3, -0.25) is 4.55 Å². The van der Waals surface area contributed by atoms with Crippen LogP contribution in [0.3, 0.4) is 0 Å². The van der Waals surface area contributed by atoms with Gasteiger partial charge in [-0.15, -0.1) is 0 Å². The molecule has 7 nitrogen and oxygen atoms in total. The van der Waals surface area contributed by atoms with Crippen LogP contribution in [0.2, 0.25) is 0 Å². The van der Waals surface area contributed by atoms with E-state index in [4.69, 9.17) is 14.0 Å². The zero-order chi connectivity index (χ0) is 15.3. The van der Waals surface area contributed by atoms with Gasteiger partial charge in [0.2, 0.25) is 0 Å². The quantitative estimate of drug-likeness (QED) is 0.485. The predicted molar refractivity (Wildman–Crippen MR) is 76.1 cm³/mol. The fraction of sp³-hybridized carbons (Fsp3) is 0.333. The number of hydrogen-bond donors (Lipinski definition) is 1. The molecule has 0 saturated carbocycles. The summed E-state index contributed by atoms with van der Waals surface area (Å²) in [6, 6.07) is 3.00. The molecule has 0 aliphatic rings. The molecule has 0 radical (unpaired) electrons. The topological polar surface area (TPSA) is 107 Å². The van der Waals surface area contributed by atoms with E-state index >= 15 is 0 Å². The van der Waals surface area contributed by atoms with Gasteiger partial charge in [-0.05, 0) is 32.0 Å². The number of carbonyl (C=O) groups excluding carboxylic acids is 2. The van der Waals surface area contributed by atoms with Crippen LogP contribution in [0.1, 0.15) is 37.4 Å². The van der Waals surface area contributed by atoms with Crippen LogP contribution in [0.5, 0.6) is 0 Å². The Hall–Kier alpha value is -0.670. The zero-order valence-electron chi connectivity index (χ0n) is 13.7. The Bertz CT molecular complexity index is 598. The Morgan fingerprint density at radius 2 is 1.43 bits per heavy atom. The molecule has 0 atom stereocenters. The normalized spacial score (nSPS) is 10.4. The third-order valence-corrected chi connectivity index (χ3v) is 3.06. The van der Waals surface area contributed by atoms with E-state index in [2.05, 4.69) is 0 Å². The molecule has 21 heavy (non-hydrogen) atoms. The largest absolute Gasteiger partial charge is 2.00 e. The van der Waals surface area contributed by atoms with E-state index in [-0.39, 0.29) is 64.9 Å². The van der Waals surface area contributed by atoms with Crippen molar-refractivity contribution in [3.63, 3.8) is 0 Å². The van der Waals surface area contributed by atoms with E-state index in [9.17, 15) is 18.0 Å². The van der Waals surface area contributed by atoms with Gasteiger partial charge in [0.15, 0.2) is 0 Å². The Balaban J connectivity index is -0.00000133. The van der Waals surface area contributed by atoms with E-state index in [0.29, 0.717) is 0 Å². The second-order valence-corrected chi connectivity index (χ2v) is 5.08. The van der Waals surface area contributed by atoms with Gasteiger partial charge in [-0.25, -0.2) is 9.59 Å². The molecule has 0 heterocycles. The van der Waals surface area contributed by atoms with E-state index in [1.807, 2.05) is 0 Å². The number of carbonyl (C=O) groups is 2. The van der Waals surface area contributed by atoms with Gasteiger partial charge in [0.1, 0.15) is 0 Å². The van der Waals surface area contributed by atoms with Gasteiger partial charge in [0, 0.05) is 0 Å². The molecule has 0 aliphatic heterocycles. The summed E-state index contributed by atoms with van der Waals surface area (Å²) in [7, 11) is -4.56.